The van der Waals surface area contributed by atoms with Gasteiger partial charge < -0.3 is 9.63 Å². The average molecular weight is 348 g/mol. The topological polar surface area (TPSA) is 49.5 Å². The van der Waals surface area contributed by atoms with Gasteiger partial charge in [-0.3, -0.25) is 4.90 Å². The molecular weight excluding hydrogens is 324 g/mol. The molecule has 0 radical (unpaired) electrons. The molecule has 1 aromatic heterocycles. The van der Waals surface area contributed by atoms with E-state index in [0.29, 0.717) is 6.54 Å². The molecule has 0 bridgehead atoms. The first-order chi connectivity index (χ1) is 12.7. The summed E-state index contributed by atoms with van der Waals surface area (Å²) in [5.74, 6) is 1.04. The fraction of sp³-hybridized carbons (Fsp3) is 0.318. The van der Waals surface area contributed by atoms with Crippen LogP contribution in [0, 0.1) is 0 Å². The molecule has 1 N–H and O–H groups in total. The fourth-order valence-electron chi connectivity index (χ4n) is 3.84. The summed E-state index contributed by atoms with van der Waals surface area (Å²) in [4.78, 5) is 2.28. The van der Waals surface area contributed by atoms with E-state index in [2.05, 4.69) is 58.6 Å². The Hall–Kier alpha value is -2.43. The van der Waals surface area contributed by atoms with Crippen LogP contribution in [0.4, 0.5) is 0 Å². The monoisotopic (exact) mass is 348 g/mol. The zero-order chi connectivity index (χ0) is 17.9. The summed E-state index contributed by atoms with van der Waals surface area (Å²) in [6.07, 6.45) is 0.504. The maximum Gasteiger partial charge on any atom is 0.142 e. The van der Waals surface area contributed by atoms with Gasteiger partial charge in [0.1, 0.15) is 11.5 Å². The average Bonchev–Trinajstić information content (AvgIpc) is 3.06. The van der Waals surface area contributed by atoms with Gasteiger partial charge in [0.25, 0.3) is 0 Å². The molecule has 2 aromatic carbocycles. The van der Waals surface area contributed by atoms with Gasteiger partial charge in [0.05, 0.1) is 12.0 Å². The number of benzene rings is 2. The van der Waals surface area contributed by atoms with Crippen molar-refractivity contribution >= 4 is 0 Å². The zero-order valence-electron chi connectivity index (χ0n) is 15.0. The van der Waals surface area contributed by atoms with Crippen LogP contribution in [0.15, 0.2) is 65.2 Å². The Bertz CT molecular complexity index is 804. The highest BCUT2D eigenvalue weighted by Crippen LogP contribution is 2.36. The third-order valence-corrected chi connectivity index (χ3v) is 5.00. The van der Waals surface area contributed by atoms with Gasteiger partial charge in [0, 0.05) is 31.6 Å². The maximum absolute atomic E-state index is 9.76. The Morgan fingerprint density at radius 2 is 1.65 bits per heavy atom. The van der Waals surface area contributed by atoms with Crippen molar-refractivity contribution in [1.29, 1.82) is 0 Å². The van der Waals surface area contributed by atoms with Crippen molar-refractivity contribution in [3.63, 3.8) is 0 Å². The van der Waals surface area contributed by atoms with Gasteiger partial charge in [-0.1, -0.05) is 65.8 Å². The minimum absolute atomic E-state index is 0.0522. The summed E-state index contributed by atoms with van der Waals surface area (Å²) in [5, 5.41) is 14.3. The third kappa shape index (κ3) is 3.43. The van der Waals surface area contributed by atoms with E-state index in [1.54, 1.807) is 0 Å². The van der Waals surface area contributed by atoms with Crippen molar-refractivity contribution < 1.29 is 9.63 Å². The lowest BCUT2D eigenvalue weighted by atomic mass is 9.85. The third-order valence-electron chi connectivity index (χ3n) is 5.00. The second-order valence-electron chi connectivity index (χ2n) is 7.06. The molecule has 134 valence electrons. The minimum atomic E-state index is -0.334. The van der Waals surface area contributed by atoms with Gasteiger partial charge in [-0.2, -0.15) is 0 Å². The van der Waals surface area contributed by atoms with E-state index in [1.807, 2.05) is 19.1 Å². The second-order valence-corrected chi connectivity index (χ2v) is 7.06. The molecule has 0 saturated carbocycles. The van der Waals surface area contributed by atoms with Crippen LogP contribution in [0.2, 0.25) is 0 Å². The van der Waals surface area contributed by atoms with Gasteiger partial charge in [-0.05, 0) is 18.1 Å². The number of fused-ring (bicyclic) bond motifs is 1. The maximum atomic E-state index is 9.76. The molecule has 1 aliphatic rings. The summed E-state index contributed by atoms with van der Waals surface area (Å²) in [6, 6.07) is 20.9. The smallest absolute Gasteiger partial charge is 0.142 e. The molecule has 0 saturated heterocycles. The zero-order valence-corrected chi connectivity index (χ0v) is 15.0. The van der Waals surface area contributed by atoms with Crippen LogP contribution in [0.25, 0.3) is 0 Å². The van der Waals surface area contributed by atoms with Crippen LogP contribution >= 0.6 is 0 Å². The van der Waals surface area contributed by atoms with E-state index < -0.39 is 0 Å². The Morgan fingerprint density at radius 3 is 2.23 bits per heavy atom. The summed E-state index contributed by atoms with van der Waals surface area (Å²) >= 11 is 0. The van der Waals surface area contributed by atoms with Gasteiger partial charge in [-0.15, -0.1) is 0 Å². The molecule has 0 amide bonds. The van der Waals surface area contributed by atoms with E-state index >= 15 is 0 Å². The number of β-amino-alcohol motifs (C(OH)–C–C–N with tert-alkyl or cyclic N) is 1. The van der Waals surface area contributed by atoms with Crippen LogP contribution in [-0.4, -0.2) is 34.4 Å². The van der Waals surface area contributed by atoms with E-state index in [0.717, 1.165) is 31.0 Å². The van der Waals surface area contributed by atoms with E-state index in [9.17, 15) is 5.11 Å². The normalized spacial score (nSPS) is 15.8. The van der Waals surface area contributed by atoms with Gasteiger partial charge in [0.15, 0.2) is 0 Å². The Kier molecular flexibility index (Phi) is 4.87. The first-order valence-electron chi connectivity index (χ1n) is 9.20. The molecule has 26 heavy (non-hydrogen) atoms. The van der Waals surface area contributed by atoms with Gasteiger partial charge in [0.2, 0.25) is 0 Å². The number of aliphatic hydroxyl groups excluding tert-OH is 1. The molecule has 4 rings (SSSR count). The van der Waals surface area contributed by atoms with Crippen LogP contribution in [-0.2, 0) is 13.0 Å². The molecule has 1 aliphatic heterocycles. The van der Waals surface area contributed by atoms with Crippen LogP contribution in [0.3, 0.4) is 0 Å². The number of rotatable bonds is 5. The van der Waals surface area contributed by atoms with Crippen molar-refractivity contribution in [2.45, 2.75) is 31.9 Å². The van der Waals surface area contributed by atoms with Crippen molar-refractivity contribution in [2.75, 3.05) is 13.1 Å². The van der Waals surface area contributed by atoms with Crippen LogP contribution < -0.4 is 0 Å². The van der Waals surface area contributed by atoms with Crippen molar-refractivity contribution in [1.82, 2.24) is 10.1 Å². The summed E-state index contributed by atoms with van der Waals surface area (Å²) < 4.78 is 5.73. The summed E-state index contributed by atoms with van der Waals surface area (Å²) in [5.41, 5.74) is 4.59. The molecule has 3 aromatic rings. The summed E-state index contributed by atoms with van der Waals surface area (Å²) in [6.45, 7) is 4.18. The Morgan fingerprint density at radius 1 is 1.04 bits per heavy atom. The number of aromatic nitrogens is 1. The standard InChI is InChI=1S/C22H24N2O2/c1-16(25)14-24-13-12-20-19(15-24)22(23-26-20)21(17-8-4-2-5-9-17)18-10-6-3-7-11-18/h2-11,16,21,25H,12-15H2,1H3/t16-/m1/s1. The highest BCUT2D eigenvalue weighted by Gasteiger charge is 2.30. The van der Waals surface area contributed by atoms with Crippen LogP contribution in [0.5, 0.6) is 0 Å². The Balaban J connectivity index is 1.75. The van der Waals surface area contributed by atoms with E-state index in [-0.39, 0.29) is 12.0 Å². The van der Waals surface area contributed by atoms with E-state index in [1.165, 1.54) is 16.7 Å². The van der Waals surface area contributed by atoms with Crippen molar-refractivity contribution in [2.24, 2.45) is 0 Å². The highest BCUT2D eigenvalue weighted by atomic mass is 16.5. The molecule has 1 atom stereocenters. The quantitative estimate of drug-likeness (QED) is 0.765. The molecule has 2 heterocycles. The predicted octanol–water partition coefficient (Wildman–Crippen LogP) is 3.59. The molecule has 0 spiro atoms. The molecular formula is C22H24N2O2. The number of hydrogen-bond donors (Lipinski definition) is 1. The number of hydrogen-bond acceptors (Lipinski definition) is 4. The fourth-order valence-corrected chi connectivity index (χ4v) is 3.84. The SMILES string of the molecule is C[C@@H](O)CN1CCc2onc(C(c3ccccc3)c3ccccc3)c2C1. The first kappa shape index (κ1) is 17.0. The lowest BCUT2D eigenvalue weighted by molar-refractivity contribution is 0.116. The predicted molar refractivity (Wildman–Crippen MR) is 101 cm³/mol. The van der Waals surface area contributed by atoms with Gasteiger partial charge in [-0.25, -0.2) is 0 Å². The highest BCUT2D eigenvalue weighted by molar-refractivity contribution is 5.44. The number of aliphatic hydroxyl groups is 1. The molecule has 0 unspecified atom stereocenters. The van der Waals surface area contributed by atoms with E-state index in [4.69, 9.17) is 4.52 Å². The minimum Gasteiger partial charge on any atom is -0.392 e. The first-order valence-corrected chi connectivity index (χ1v) is 9.20. The van der Waals surface area contributed by atoms with Gasteiger partial charge >= 0.3 is 0 Å². The number of nitrogens with zero attached hydrogens (tertiary/aromatic N) is 2. The molecule has 4 heteroatoms. The van der Waals surface area contributed by atoms with Crippen molar-refractivity contribution in [3.8, 4) is 0 Å². The van der Waals surface area contributed by atoms with Crippen LogP contribution in [0.1, 0.15) is 41.0 Å². The molecule has 0 fully saturated rings. The lowest BCUT2D eigenvalue weighted by Crippen LogP contribution is -2.35. The molecule has 4 nitrogen and oxygen atoms in total. The summed E-state index contributed by atoms with van der Waals surface area (Å²) in [7, 11) is 0. The largest absolute Gasteiger partial charge is 0.392 e. The second kappa shape index (κ2) is 7.44. The van der Waals surface area contributed by atoms with Crippen molar-refractivity contribution in [3.05, 3.63) is 88.8 Å². The Labute approximate surface area is 154 Å². The lowest BCUT2D eigenvalue weighted by Gasteiger charge is -2.28. The molecule has 0 aliphatic carbocycles.